The molecular formula is C24H38N4O3. The molecule has 0 radical (unpaired) electrons. The van der Waals surface area contributed by atoms with E-state index < -0.39 is 11.1 Å². The highest BCUT2D eigenvalue weighted by atomic mass is 16.6. The summed E-state index contributed by atoms with van der Waals surface area (Å²) in [6.45, 7) is 9.03. The number of likely N-dealkylation sites (N-methyl/N-ethyl adjacent to an activating group) is 1. The molecule has 3 atom stereocenters. The van der Waals surface area contributed by atoms with Crippen LogP contribution in [0.15, 0.2) is 18.2 Å². The van der Waals surface area contributed by atoms with Crippen molar-refractivity contribution in [3.63, 3.8) is 0 Å². The molecule has 4 rings (SSSR count). The third-order valence-electron chi connectivity index (χ3n) is 7.30. The van der Waals surface area contributed by atoms with Crippen LogP contribution in [-0.2, 0) is 16.7 Å². The van der Waals surface area contributed by atoms with Crippen molar-refractivity contribution in [3.05, 3.63) is 29.3 Å². The van der Waals surface area contributed by atoms with E-state index in [0.29, 0.717) is 12.0 Å². The molecule has 1 aliphatic carbocycles. The maximum atomic E-state index is 12.3. The normalized spacial score (nSPS) is 29.5. The van der Waals surface area contributed by atoms with Gasteiger partial charge in [0.15, 0.2) is 0 Å². The van der Waals surface area contributed by atoms with Gasteiger partial charge in [0, 0.05) is 31.7 Å². The number of likely N-dealkylation sites (tertiary alicyclic amines) is 2. The number of phenolic OH excluding ortho intramolecular Hbond substituents is 1. The van der Waals surface area contributed by atoms with Crippen molar-refractivity contribution in [1.82, 2.24) is 15.1 Å². The lowest BCUT2D eigenvalue weighted by Gasteiger charge is -2.55. The number of benzene rings is 1. The number of ether oxygens (including phenoxy) is 1. The summed E-state index contributed by atoms with van der Waals surface area (Å²) in [7, 11) is 2.18. The Morgan fingerprint density at radius 2 is 2.00 bits per heavy atom. The van der Waals surface area contributed by atoms with Crippen LogP contribution in [0.25, 0.3) is 0 Å². The van der Waals surface area contributed by atoms with Gasteiger partial charge >= 0.3 is 6.09 Å². The summed E-state index contributed by atoms with van der Waals surface area (Å²) in [5.41, 5.74) is 8.47. The standard InChI is InChI=1S/C24H38N4O3/c1-23(2,3)31-22(30)28-10-7-16(8-11-28)15-26-21-20-13-17-5-6-18(29)14-19(17)24(21,25)9-12-27(20)4/h5-6,14,16,20-21,26,29H,7-13,15,25H2,1-4H3/t20-,21-,24-/m1/s1. The van der Waals surface area contributed by atoms with E-state index in [1.54, 1.807) is 6.07 Å². The van der Waals surface area contributed by atoms with Gasteiger partial charge in [-0.05, 0) is 89.2 Å². The highest BCUT2D eigenvalue weighted by molar-refractivity contribution is 5.68. The minimum absolute atomic E-state index is 0.143. The van der Waals surface area contributed by atoms with Crippen LogP contribution in [0, 0.1) is 5.92 Å². The summed E-state index contributed by atoms with van der Waals surface area (Å²) in [5, 5.41) is 13.9. The molecule has 4 N–H and O–H groups in total. The lowest BCUT2D eigenvalue weighted by molar-refractivity contribution is 0.0172. The monoisotopic (exact) mass is 430 g/mol. The molecule has 2 aliphatic heterocycles. The highest BCUT2D eigenvalue weighted by Gasteiger charge is 2.50. The van der Waals surface area contributed by atoms with Crippen LogP contribution in [0.4, 0.5) is 4.79 Å². The van der Waals surface area contributed by atoms with E-state index in [0.717, 1.165) is 57.4 Å². The number of aromatic hydroxyl groups is 1. The minimum atomic E-state index is -0.472. The number of nitrogens with zero attached hydrogens (tertiary/aromatic N) is 2. The molecule has 7 heteroatoms. The van der Waals surface area contributed by atoms with Crippen molar-refractivity contribution >= 4 is 6.09 Å². The van der Waals surface area contributed by atoms with E-state index in [4.69, 9.17) is 10.5 Å². The van der Waals surface area contributed by atoms with Crippen LogP contribution in [0.2, 0.25) is 0 Å². The second-order valence-electron chi connectivity index (χ2n) is 10.7. The van der Waals surface area contributed by atoms with Gasteiger partial charge < -0.3 is 30.7 Å². The van der Waals surface area contributed by atoms with Crippen molar-refractivity contribution in [2.75, 3.05) is 33.2 Å². The van der Waals surface area contributed by atoms with Crippen LogP contribution in [-0.4, -0.2) is 71.9 Å². The van der Waals surface area contributed by atoms with Gasteiger partial charge in [-0.3, -0.25) is 0 Å². The summed E-state index contributed by atoms with van der Waals surface area (Å²) in [4.78, 5) is 16.6. The maximum absolute atomic E-state index is 12.3. The number of rotatable bonds is 3. The summed E-state index contributed by atoms with van der Waals surface area (Å²) in [6, 6.07) is 6.15. The molecule has 2 heterocycles. The molecule has 1 amide bonds. The van der Waals surface area contributed by atoms with Gasteiger partial charge in [-0.2, -0.15) is 0 Å². The fourth-order valence-corrected chi connectivity index (χ4v) is 5.52. The second-order valence-corrected chi connectivity index (χ2v) is 10.7. The topological polar surface area (TPSA) is 91.1 Å². The molecule has 0 unspecified atom stereocenters. The first-order chi connectivity index (χ1) is 14.6. The molecule has 1 aromatic rings. The van der Waals surface area contributed by atoms with E-state index in [2.05, 4.69) is 17.3 Å². The minimum Gasteiger partial charge on any atom is -0.508 e. The van der Waals surface area contributed by atoms with Crippen LogP contribution < -0.4 is 11.1 Å². The Morgan fingerprint density at radius 1 is 1.29 bits per heavy atom. The number of piperidine rings is 2. The number of phenols is 1. The Kier molecular flexibility index (Phi) is 5.96. The van der Waals surface area contributed by atoms with Gasteiger partial charge in [0.2, 0.25) is 0 Å². The fourth-order valence-electron chi connectivity index (χ4n) is 5.52. The van der Waals surface area contributed by atoms with Gasteiger partial charge in [0.05, 0.1) is 5.54 Å². The molecule has 1 aromatic carbocycles. The Hall–Kier alpha value is -1.83. The van der Waals surface area contributed by atoms with Crippen molar-refractivity contribution < 1.29 is 14.6 Å². The number of fused-ring (bicyclic) bond motifs is 4. The quantitative estimate of drug-likeness (QED) is 0.682. The largest absolute Gasteiger partial charge is 0.508 e. The van der Waals surface area contributed by atoms with E-state index in [-0.39, 0.29) is 17.9 Å². The number of hydrogen-bond acceptors (Lipinski definition) is 6. The highest BCUT2D eigenvalue weighted by Crippen LogP contribution is 2.42. The first-order valence-corrected chi connectivity index (χ1v) is 11.6. The van der Waals surface area contributed by atoms with Gasteiger partial charge in [0.25, 0.3) is 0 Å². The summed E-state index contributed by atoms with van der Waals surface area (Å²) in [5.74, 6) is 0.799. The smallest absolute Gasteiger partial charge is 0.410 e. The maximum Gasteiger partial charge on any atom is 0.410 e. The Bertz CT molecular complexity index is 816. The van der Waals surface area contributed by atoms with Gasteiger partial charge in [-0.25, -0.2) is 4.79 Å². The second kappa shape index (κ2) is 8.26. The molecule has 31 heavy (non-hydrogen) atoms. The Morgan fingerprint density at radius 3 is 2.68 bits per heavy atom. The van der Waals surface area contributed by atoms with Crippen molar-refractivity contribution in [2.24, 2.45) is 11.7 Å². The zero-order valence-corrected chi connectivity index (χ0v) is 19.4. The predicted molar refractivity (Wildman–Crippen MR) is 121 cm³/mol. The lowest BCUT2D eigenvalue weighted by atomic mass is 9.66. The molecule has 7 nitrogen and oxygen atoms in total. The van der Waals surface area contributed by atoms with Crippen molar-refractivity contribution in [3.8, 4) is 5.75 Å². The lowest BCUT2D eigenvalue weighted by Crippen LogP contribution is -2.70. The number of carbonyl (C=O) groups is 1. The first kappa shape index (κ1) is 22.4. The van der Waals surface area contributed by atoms with Crippen LogP contribution in [0.3, 0.4) is 0 Å². The average molecular weight is 431 g/mol. The molecule has 2 fully saturated rings. The first-order valence-electron chi connectivity index (χ1n) is 11.6. The molecule has 0 spiro atoms. The Balaban J connectivity index is 1.39. The number of nitrogens with two attached hydrogens (primary N) is 1. The average Bonchev–Trinajstić information content (AvgIpc) is 2.70. The molecule has 3 aliphatic rings. The van der Waals surface area contributed by atoms with Crippen LogP contribution in [0.1, 0.15) is 51.2 Å². The third kappa shape index (κ3) is 4.54. The van der Waals surface area contributed by atoms with Crippen LogP contribution in [0.5, 0.6) is 5.75 Å². The van der Waals surface area contributed by atoms with Crippen LogP contribution >= 0.6 is 0 Å². The van der Waals surface area contributed by atoms with E-state index in [9.17, 15) is 9.90 Å². The zero-order valence-electron chi connectivity index (χ0n) is 19.4. The molecule has 2 bridgehead atoms. The van der Waals surface area contributed by atoms with E-state index in [1.165, 1.54) is 5.56 Å². The summed E-state index contributed by atoms with van der Waals surface area (Å²) >= 11 is 0. The number of hydrogen-bond donors (Lipinski definition) is 3. The molecule has 0 aromatic heterocycles. The van der Waals surface area contributed by atoms with Crippen molar-refractivity contribution in [1.29, 1.82) is 0 Å². The molecular weight excluding hydrogens is 392 g/mol. The van der Waals surface area contributed by atoms with Gasteiger partial charge in [-0.15, -0.1) is 0 Å². The predicted octanol–water partition coefficient (Wildman–Crippen LogP) is 2.41. The summed E-state index contributed by atoms with van der Waals surface area (Å²) in [6.07, 6.45) is 3.54. The van der Waals surface area contributed by atoms with E-state index >= 15 is 0 Å². The summed E-state index contributed by atoms with van der Waals surface area (Å²) < 4.78 is 5.51. The SMILES string of the molecule is CN1CC[C@@]2(N)c3cc(O)ccc3C[C@@H]1[C@H]2NCC1CCN(C(=O)OC(C)(C)C)CC1. The van der Waals surface area contributed by atoms with Gasteiger partial charge in [0.1, 0.15) is 11.4 Å². The molecule has 0 saturated carbocycles. The number of amides is 1. The zero-order chi connectivity index (χ0) is 22.4. The fraction of sp³-hybridized carbons (Fsp3) is 0.708. The van der Waals surface area contributed by atoms with Gasteiger partial charge in [-0.1, -0.05) is 6.07 Å². The molecule has 172 valence electrons. The number of carbonyl (C=O) groups excluding carboxylic acids is 1. The Labute approximate surface area is 185 Å². The number of nitrogens with one attached hydrogen (secondary N) is 1. The van der Waals surface area contributed by atoms with Crippen molar-refractivity contribution in [2.45, 2.75) is 69.7 Å². The molecule has 2 saturated heterocycles. The van der Waals surface area contributed by atoms with E-state index in [1.807, 2.05) is 37.8 Å². The third-order valence-corrected chi connectivity index (χ3v) is 7.30.